The van der Waals surface area contributed by atoms with E-state index in [9.17, 15) is 13.2 Å². The van der Waals surface area contributed by atoms with E-state index < -0.39 is 16.1 Å². The molecule has 1 aliphatic heterocycles. The number of sulfonamides is 1. The van der Waals surface area contributed by atoms with Crippen molar-refractivity contribution in [2.24, 2.45) is 0 Å². The average molecular weight is 487 g/mol. The van der Waals surface area contributed by atoms with Gasteiger partial charge in [0.25, 0.3) is 10.0 Å². The van der Waals surface area contributed by atoms with Gasteiger partial charge in [0, 0.05) is 17.8 Å². The van der Waals surface area contributed by atoms with Crippen LogP contribution in [0, 0.1) is 0 Å². The van der Waals surface area contributed by atoms with E-state index in [0.29, 0.717) is 35.2 Å². The maximum atomic E-state index is 13.0. The summed E-state index contributed by atoms with van der Waals surface area (Å²) in [5.74, 6) is 0.345. The number of benzene rings is 2. The lowest BCUT2D eigenvalue weighted by Crippen LogP contribution is -2.42. The second-order valence-electron chi connectivity index (χ2n) is 7.50. The molecule has 7 nitrogen and oxygen atoms in total. The maximum Gasteiger partial charge on any atom is 0.253 e. The van der Waals surface area contributed by atoms with Crippen LogP contribution < -0.4 is 5.32 Å². The molecule has 0 radical (unpaired) electrons. The van der Waals surface area contributed by atoms with E-state index in [2.05, 4.69) is 15.3 Å². The van der Waals surface area contributed by atoms with Crippen molar-refractivity contribution in [1.29, 1.82) is 0 Å². The van der Waals surface area contributed by atoms with Crippen molar-refractivity contribution in [3.63, 3.8) is 0 Å². The van der Waals surface area contributed by atoms with E-state index in [1.807, 2.05) is 42.5 Å². The van der Waals surface area contributed by atoms with Gasteiger partial charge in [-0.3, -0.25) is 4.79 Å². The monoisotopic (exact) mass is 486 g/mol. The number of para-hydroxylation sites is 2. The molecular weight excluding hydrogens is 468 g/mol. The molecule has 1 fully saturated rings. The predicted molar refractivity (Wildman–Crippen MR) is 126 cm³/mol. The lowest BCUT2D eigenvalue weighted by molar-refractivity contribution is -0.119. The zero-order chi connectivity index (χ0) is 22.3. The predicted octanol–water partition coefficient (Wildman–Crippen LogP) is 4.74. The standard InChI is InChI=1S/C22H19ClN4O3S2/c23-19-10-11-20(31-19)32(29,30)27-12-4-9-18(27)22(28)24-15-6-3-5-14(13-15)21-25-16-7-1-2-8-17(16)26-21/h1-3,5-8,10-11,13,18H,4,9,12H2,(H,24,28)(H,25,26)/t18-/m1/s1. The summed E-state index contributed by atoms with van der Waals surface area (Å²) in [5, 5.41) is 2.88. The molecule has 1 atom stereocenters. The summed E-state index contributed by atoms with van der Waals surface area (Å²) in [6, 6.07) is 17.3. The zero-order valence-corrected chi connectivity index (χ0v) is 19.2. The molecule has 3 heterocycles. The molecular formula is C22H19ClN4O3S2. The van der Waals surface area contributed by atoms with Gasteiger partial charge >= 0.3 is 0 Å². The van der Waals surface area contributed by atoms with Gasteiger partial charge in [-0.15, -0.1) is 11.3 Å². The highest BCUT2D eigenvalue weighted by molar-refractivity contribution is 7.91. The fourth-order valence-corrected chi connectivity index (χ4v) is 7.17. The Balaban J connectivity index is 1.37. The van der Waals surface area contributed by atoms with Crippen molar-refractivity contribution in [3.8, 4) is 11.4 Å². The Morgan fingerprint density at radius 2 is 2.00 bits per heavy atom. The molecule has 1 amide bonds. The fourth-order valence-electron chi connectivity index (χ4n) is 3.90. The molecule has 1 saturated heterocycles. The Morgan fingerprint density at radius 1 is 1.16 bits per heavy atom. The number of thiophene rings is 1. The molecule has 0 saturated carbocycles. The number of aromatic amines is 1. The largest absolute Gasteiger partial charge is 0.338 e. The summed E-state index contributed by atoms with van der Waals surface area (Å²) in [5.41, 5.74) is 3.19. The number of amides is 1. The van der Waals surface area contributed by atoms with E-state index in [4.69, 9.17) is 11.6 Å². The first-order chi connectivity index (χ1) is 15.4. The first-order valence-corrected chi connectivity index (χ1v) is 12.7. The number of anilines is 1. The fraction of sp³-hybridized carbons (Fsp3) is 0.182. The second-order valence-corrected chi connectivity index (χ2v) is 11.3. The highest BCUT2D eigenvalue weighted by Gasteiger charge is 2.40. The second kappa shape index (κ2) is 8.32. The van der Waals surface area contributed by atoms with Gasteiger partial charge in [0.05, 0.1) is 15.4 Å². The van der Waals surface area contributed by atoms with E-state index in [0.717, 1.165) is 27.9 Å². The van der Waals surface area contributed by atoms with Crippen LogP contribution in [0.4, 0.5) is 5.69 Å². The molecule has 0 bridgehead atoms. The van der Waals surface area contributed by atoms with E-state index in [-0.39, 0.29) is 10.1 Å². The first kappa shape index (κ1) is 21.1. The lowest BCUT2D eigenvalue weighted by atomic mass is 10.1. The number of hydrogen-bond acceptors (Lipinski definition) is 5. The Labute approximate surface area is 194 Å². The summed E-state index contributed by atoms with van der Waals surface area (Å²) >= 11 is 6.91. The van der Waals surface area contributed by atoms with Crippen LogP contribution in [0.1, 0.15) is 12.8 Å². The number of carbonyl (C=O) groups excluding carboxylic acids is 1. The van der Waals surface area contributed by atoms with Crippen molar-refractivity contribution >= 4 is 55.6 Å². The molecule has 0 spiro atoms. The Hall–Kier alpha value is -2.72. The maximum absolute atomic E-state index is 13.0. The summed E-state index contributed by atoms with van der Waals surface area (Å²) in [4.78, 5) is 20.9. The molecule has 32 heavy (non-hydrogen) atoms. The molecule has 164 valence electrons. The molecule has 2 aromatic carbocycles. The normalized spacial score (nSPS) is 17.1. The number of rotatable bonds is 5. The topological polar surface area (TPSA) is 95.2 Å². The van der Waals surface area contributed by atoms with E-state index >= 15 is 0 Å². The number of aromatic nitrogens is 2. The van der Waals surface area contributed by atoms with Crippen molar-refractivity contribution in [2.45, 2.75) is 23.1 Å². The SMILES string of the molecule is O=C(Nc1cccc(-c2nc3ccccc3[nH]2)c1)[C@H]1CCCN1S(=O)(=O)c1ccc(Cl)s1. The summed E-state index contributed by atoms with van der Waals surface area (Å²) in [6.45, 7) is 0.301. The highest BCUT2D eigenvalue weighted by atomic mass is 35.5. The Bertz CT molecular complexity index is 1380. The van der Waals surface area contributed by atoms with Crippen LogP contribution in [-0.4, -0.2) is 41.2 Å². The highest BCUT2D eigenvalue weighted by Crippen LogP contribution is 2.33. The van der Waals surface area contributed by atoms with Gasteiger partial charge in [-0.1, -0.05) is 35.9 Å². The number of fused-ring (bicyclic) bond motifs is 1. The van der Waals surface area contributed by atoms with E-state index in [1.54, 1.807) is 12.1 Å². The molecule has 4 aromatic rings. The van der Waals surface area contributed by atoms with Crippen LogP contribution in [0.15, 0.2) is 64.9 Å². The van der Waals surface area contributed by atoms with Gasteiger partial charge in [-0.25, -0.2) is 13.4 Å². The van der Waals surface area contributed by atoms with Crippen molar-refractivity contribution in [3.05, 3.63) is 65.0 Å². The van der Waals surface area contributed by atoms with Gasteiger partial charge in [-0.2, -0.15) is 4.31 Å². The smallest absolute Gasteiger partial charge is 0.253 e. The van der Waals surface area contributed by atoms with Crippen LogP contribution in [0.2, 0.25) is 4.34 Å². The number of carbonyl (C=O) groups is 1. The molecule has 2 aromatic heterocycles. The summed E-state index contributed by atoms with van der Waals surface area (Å²) < 4.78 is 27.9. The first-order valence-electron chi connectivity index (χ1n) is 10.0. The molecule has 0 unspecified atom stereocenters. The molecule has 5 rings (SSSR count). The minimum atomic E-state index is -3.78. The number of halogens is 1. The van der Waals surface area contributed by atoms with Gasteiger partial charge in [0.1, 0.15) is 16.1 Å². The molecule has 0 aliphatic carbocycles. The van der Waals surface area contributed by atoms with Crippen LogP contribution in [-0.2, 0) is 14.8 Å². The van der Waals surface area contributed by atoms with Crippen LogP contribution in [0.5, 0.6) is 0 Å². The van der Waals surface area contributed by atoms with E-state index in [1.165, 1.54) is 10.4 Å². The Kier molecular flexibility index (Phi) is 5.50. The number of nitrogens with zero attached hydrogens (tertiary/aromatic N) is 2. The molecule has 10 heteroatoms. The van der Waals surface area contributed by atoms with Gasteiger partial charge in [0.2, 0.25) is 5.91 Å². The number of H-pyrrole nitrogens is 1. The Morgan fingerprint density at radius 3 is 2.78 bits per heavy atom. The van der Waals surface area contributed by atoms with Gasteiger partial charge in [0.15, 0.2) is 0 Å². The van der Waals surface area contributed by atoms with Crippen molar-refractivity contribution < 1.29 is 13.2 Å². The van der Waals surface area contributed by atoms with Crippen LogP contribution in [0.3, 0.4) is 0 Å². The zero-order valence-electron chi connectivity index (χ0n) is 16.8. The number of imidazole rings is 1. The van der Waals surface area contributed by atoms with Gasteiger partial charge in [-0.05, 0) is 49.2 Å². The minimum absolute atomic E-state index is 0.147. The molecule has 2 N–H and O–H groups in total. The third-order valence-corrected chi connectivity index (χ3v) is 9.02. The average Bonchev–Trinajstić information content (AvgIpc) is 3.53. The minimum Gasteiger partial charge on any atom is -0.338 e. The van der Waals surface area contributed by atoms with Crippen molar-refractivity contribution in [2.75, 3.05) is 11.9 Å². The lowest BCUT2D eigenvalue weighted by Gasteiger charge is -2.22. The summed E-state index contributed by atoms with van der Waals surface area (Å²) in [7, 11) is -3.78. The summed E-state index contributed by atoms with van der Waals surface area (Å²) in [6.07, 6.45) is 1.09. The van der Waals surface area contributed by atoms with Crippen molar-refractivity contribution in [1.82, 2.24) is 14.3 Å². The quantitative estimate of drug-likeness (QED) is 0.426. The third-order valence-electron chi connectivity index (χ3n) is 5.41. The number of hydrogen-bond donors (Lipinski definition) is 2. The molecule has 1 aliphatic rings. The van der Waals surface area contributed by atoms with Crippen LogP contribution >= 0.6 is 22.9 Å². The van der Waals surface area contributed by atoms with Gasteiger partial charge < -0.3 is 10.3 Å². The number of nitrogens with one attached hydrogen (secondary N) is 2. The van der Waals surface area contributed by atoms with Crippen LogP contribution in [0.25, 0.3) is 22.4 Å². The third kappa shape index (κ3) is 3.93.